The molecule has 0 aliphatic carbocycles. The minimum absolute atomic E-state index is 0.372. The first kappa shape index (κ1) is 18.1. The van der Waals surface area contributed by atoms with Gasteiger partial charge in [0.1, 0.15) is 5.41 Å². The Bertz CT molecular complexity index is 656. The molecule has 0 saturated heterocycles. The number of nitrogens with one attached hydrogen (secondary N) is 1. The first-order valence-electron chi connectivity index (χ1n) is 7.61. The van der Waals surface area contributed by atoms with Crippen molar-refractivity contribution in [3.05, 3.63) is 71.8 Å². The van der Waals surface area contributed by atoms with Gasteiger partial charge in [0, 0.05) is 19.8 Å². The molecule has 0 saturated carbocycles. The van der Waals surface area contributed by atoms with E-state index in [0.717, 1.165) is 11.1 Å². The molecule has 1 atom stereocenters. The number of hydrogen-bond acceptors (Lipinski definition) is 4. The van der Waals surface area contributed by atoms with E-state index >= 15 is 0 Å². The molecule has 1 N–H and O–H groups in total. The van der Waals surface area contributed by atoms with E-state index in [2.05, 4.69) is 5.48 Å². The molecule has 1 unspecified atom stereocenters. The summed E-state index contributed by atoms with van der Waals surface area (Å²) in [6.07, 6.45) is 0. The van der Waals surface area contributed by atoms with Crippen molar-refractivity contribution in [1.29, 1.82) is 0 Å². The van der Waals surface area contributed by atoms with Crippen LogP contribution in [0.5, 0.6) is 0 Å². The number of hydrogen-bond donors (Lipinski definition) is 1. The summed E-state index contributed by atoms with van der Waals surface area (Å²) in [7, 11) is 4.45. The van der Waals surface area contributed by atoms with Crippen LogP contribution in [0.2, 0.25) is 0 Å². The highest BCUT2D eigenvalue weighted by Gasteiger charge is 2.57. The number of hydroxylamine groups is 1. The third-order valence-corrected chi connectivity index (χ3v) is 4.39. The lowest BCUT2D eigenvalue weighted by atomic mass is 9.71. The maximum absolute atomic E-state index is 13.0. The number of amides is 1. The first-order chi connectivity index (χ1) is 11.6. The summed E-state index contributed by atoms with van der Waals surface area (Å²) >= 11 is 0. The Morgan fingerprint density at radius 3 is 1.71 bits per heavy atom. The Hall–Kier alpha value is -2.21. The molecule has 0 heterocycles. The summed E-state index contributed by atoms with van der Waals surface area (Å²) < 4.78 is 11.6. The van der Waals surface area contributed by atoms with Crippen molar-refractivity contribution in [1.82, 2.24) is 5.48 Å². The Balaban J connectivity index is 2.74. The van der Waals surface area contributed by atoms with E-state index in [4.69, 9.17) is 14.3 Å². The first-order valence-corrected chi connectivity index (χ1v) is 7.61. The average molecular weight is 329 g/mol. The van der Waals surface area contributed by atoms with Crippen LogP contribution < -0.4 is 5.48 Å². The SMILES string of the molecule is CONC(=O)C(C)(c1ccccc1)C(OC)(OC)c1ccccc1. The molecule has 0 radical (unpaired) electrons. The van der Waals surface area contributed by atoms with Gasteiger partial charge in [-0.05, 0) is 12.5 Å². The molecule has 2 aromatic carbocycles. The number of methoxy groups -OCH3 is 2. The zero-order valence-corrected chi connectivity index (χ0v) is 14.4. The van der Waals surface area contributed by atoms with Crippen molar-refractivity contribution in [3.63, 3.8) is 0 Å². The van der Waals surface area contributed by atoms with Crippen LogP contribution in [-0.2, 0) is 30.3 Å². The summed E-state index contributed by atoms with van der Waals surface area (Å²) in [5.74, 6) is -1.71. The van der Waals surface area contributed by atoms with E-state index in [1.807, 2.05) is 60.7 Å². The molecular weight excluding hydrogens is 306 g/mol. The van der Waals surface area contributed by atoms with Crippen LogP contribution >= 0.6 is 0 Å². The third-order valence-electron chi connectivity index (χ3n) is 4.39. The normalized spacial score (nSPS) is 14.0. The van der Waals surface area contributed by atoms with Gasteiger partial charge in [-0.3, -0.25) is 9.63 Å². The fourth-order valence-electron chi connectivity index (χ4n) is 3.11. The summed E-state index contributed by atoms with van der Waals surface area (Å²) in [4.78, 5) is 17.9. The predicted molar refractivity (Wildman–Crippen MR) is 91.1 cm³/mol. The van der Waals surface area contributed by atoms with E-state index in [1.54, 1.807) is 6.92 Å². The van der Waals surface area contributed by atoms with Crippen molar-refractivity contribution >= 4 is 5.91 Å². The molecule has 2 aromatic rings. The Morgan fingerprint density at radius 1 is 0.833 bits per heavy atom. The van der Waals surface area contributed by atoms with Gasteiger partial charge in [-0.25, -0.2) is 5.48 Å². The van der Waals surface area contributed by atoms with Gasteiger partial charge in [0.15, 0.2) is 0 Å². The highest BCUT2D eigenvalue weighted by molar-refractivity contribution is 5.88. The molecule has 5 heteroatoms. The number of benzene rings is 2. The molecular formula is C19H23NO4. The van der Waals surface area contributed by atoms with Gasteiger partial charge in [0.25, 0.3) is 5.91 Å². The van der Waals surface area contributed by atoms with Crippen LogP contribution in [0.1, 0.15) is 18.1 Å². The average Bonchev–Trinajstić information content (AvgIpc) is 2.64. The Morgan fingerprint density at radius 2 is 1.29 bits per heavy atom. The second kappa shape index (κ2) is 7.57. The summed E-state index contributed by atoms with van der Waals surface area (Å²) in [5, 5.41) is 0. The van der Waals surface area contributed by atoms with Crippen LogP contribution in [0.3, 0.4) is 0 Å². The van der Waals surface area contributed by atoms with Crippen molar-refractivity contribution in [2.24, 2.45) is 0 Å². The zero-order chi connectivity index (χ0) is 17.6. The molecule has 0 aromatic heterocycles. The fraction of sp³-hybridized carbons (Fsp3) is 0.316. The molecule has 0 aliphatic rings. The number of ether oxygens (including phenoxy) is 2. The largest absolute Gasteiger partial charge is 0.348 e. The van der Waals surface area contributed by atoms with E-state index in [-0.39, 0.29) is 5.91 Å². The molecule has 0 aliphatic heterocycles. The van der Waals surface area contributed by atoms with Gasteiger partial charge in [-0.15, -0.1) is 0 Å². The standard InChI is InChI=1S/C19H23NO4/c1-18(17(21)20-24-4,15-11-7-5-8-12-15)19(22-2,23-3)16-13-9-6-10-14-16/h5-14H,1-4H3,(H,20,21). The molecule has 0 fully saturated rings. The minimum atomic E-state index is -1.34. The number of rotatable bonds is 7. The lowest BCUT2D eigenvalue weighted by Gasteiger charge is -2.45. The van der Waals surface area contributed by atoms with Gasteiger partial charge in [0.05, 0.1) is 7.11 Å². The topological polar surface area (TPSA) is 56.8 Å². The van der Waals surface area contributed by atoms with E-state index in [1.165, 1.54) is 21.3 Å². The maximum atomic E-state index is 13.0. The molecule has 0 bridgehead atoms. The van der Waals surface area contributed by atoms with Crippen molar-refractivity contribution in [3.8, 4) is 0 Å². The monoisotopic (exact) mass is 329 g/mol. The van der Waals surface area contributed by atoms with E-state index in [0.29, 0.717) is 0 Å². The van der Waals surface area contributed by atoms with E-state index < -0.39 is 11.2 Å². The molecule has 24 heavy (non-hydrogen) atoms. The second-order valence-corrected chi connectivity index (χ2v) is 5.52. The fourth-order valence-corrected chi connectivity index (χ4v) is 3.11. The van der Waals surface area contributed by atoms with E-state index in [9.17, 15) is 4.79 Å². The summed E-state index contributed by atoms with van der Waals surface area (Å²) in [6, 6.07) is 18.8. The van der Waals surface area contributed by atoms with Crippen molar-refractivity contribution in [2.75, 3.05) is 21.3 Å². The van der Waals surface area contributed by atoms with Crippen LogP contribution in [0, 0.1) is 0 Å². The highest BCUT2D eigenvalue weighted by atomic mass is 16.7. The predicted octanol–water partition coefficient (Wildman–Crippen LogP) is 2.77. The number of carbonyl (C=O) groups excluding carboxylic acids is 1. The molecule has 1 amide bonds. The third kappa shape index (κ3) is 2.82. The van der Waals surface area contributed by atoms with Crippen LogP contribution in [0.4, 0.5) is 0 Å². The van der Waals surface area contributed by atoms with Gasteiger partial charge in [-0.1, -0.05) is 60.7 Å². The lowest BCUT2D eigenvalue weighted by Crippen LogP contribution is -2.58. The Labute approximate surface area is 142 Å². The van der Waals surface area contributed by atoms with Crippen LogP contribution in [0.15, 0.2) is 60.7 Å². The quantitative estimate of drug-likeness (QED) is 0.627. The van der Waals surface area contributed by atoms with Crippen molar-refractivity contribution < 1.29 is 19.1 Å². The molecule has 5 nitrogen and oxygen atoms in total. The zero-order valence-electron chi connectivity index (χ0n) is 14.4. The van der Waals surface area contributed by atoms with Gasteiger partial charge in [-0.2, -0.15) is 0 Å². The van der Waals surface area contributed by atoms with Crippen molar-refractivity contribution in [2.45, 2.75) is 18.1 Å². The summed E-state index contributed by atoms with van der Waals surface area (Å²) in [5.41, 5.74) is 2.70. The van der Waals surface area contributed by atoms with Crippen LogP contribution in [0.25, 0.3) is 0 Å². The Kier molecular flexibility index (Phi) is 5.72. The smallest absolute Gasteiger partial charge is 0.259 e. The summed E-state index contributed by atoms with van der Waals surface area (Å²) in [6.45, 7) is 1.77. The van der Waals surface area contributed by atoms with Gasteiger partial charge in [0.2, 0.25) is 5.79 Å². The second-order valence-electron chi connectivity index (χ2n) is 5.52. The highest BCUT2D eigenvalue weighted by Crippen LogP contribution is 2.45. The molecule has 0 spiro atoms. The van der Waals surface area contributed by atoms with Gasteiger partial charge < -0.3 is 9.47 Å². The maximum Gasteiger partial charge on any atom is 0.259 e. The number of carbonyl (C=O) groups is 1. The van der Waals surface area contributed by atoms with Gasteiger partial charge >= 0.3 is 0 Å². The molecule has 2 rings (SSSR count). The lowest BCUT2D eigenvalue weighted by molar-refractivity contribution is -0.256. The minimum Gasteiger partial charge on any atom is -0.348 e. The van der Waals surface area contributed by atoms with Crippen LogP contribution in [-0.4, -0.2) is 27.2 Å². The molecule has 128 valence electrons.